The number of benzene rings is 2. The van der Waals surface area contributed by atoms with Crippen LogP contribution in [0.1, 0.15) is 56.6 Å². The van der Waals surface area contributed by atoms with Crippen LogP contribution in [0.3, 0.4) is 0 Å². The lowest BCUT2D eigenvalue weighted by atomic mass is 9.77. The number of nitrogens with one attached hydrogen (secondary N) is 1. The Morgan fingerprint density at radius 2 is 1.81 bits per heavy atom. The van der Waals surface area contributed by atoms with Crippen molar-refractivity contribution < 1.29 is 21.6 Å². The SMILES string of the molecule is CC(C)c1nsc(N=Nc2cc3c(cc2NS(=O)(=O)C(F)(F)F)N(C)C(c2ccccc2)C3(C)C)n1. The van der Waals surface area contributed by atoms with E-state index in [-0.39, 0.29) is 28.5 Å². The second-order valence-corrected chi connectivity index (χ2v) is 11.8. The second kappa shape index (κ2) is 9.11. The van der Waals surface area contributed by atoms with E-state index < -0.39 is 20.9 Å². The summed E-state index contributed by atoms with van der Waals surface area (Å²) >= 11 is 0.995. The minimum absolute atomic E-state index is 0.0574. The summed E-state index contributed by atoms with van der Waals surface area (Å²) in [5, 5.41) is 8.35. The lowest BCUT2D eigenvalue weighted by Crippen LogP contribution is -2.31. The van der Waals surface area contributed by atoms with E-state index in [0.29, 0.717) is 11.5 Å². The molecule has 13 heteroatoms. The fraction of sp³-hybridized carbons (Fsp3) is 0.391. The zero-order valence-corrected chi connectivity index (χ0v) is 21.8. The number of anilines is 2. The van der Waals surface area contributed by atoms with Crippen molar-refractivity contribution in [1.29, 1.82) is 0 Å². The fourth-order valence-electron chi connectivity index (χ4n) is 4.40. The Kier molecular flexibility index (Phi) is 6.58. The van der Waals surface area contributed by atoms with Gasteiger partial charge in [0, 0.05) is 35.6 Å². The van der Waals surface area contributed by atoms with Crippen LogP contribution in [0, 0.1) is 0 Å². The van der Waals surface area contributed by atoms with Gasteiger partial charge in [-0.15, -0.1) is 10.2 Å². The van der Waals surface area contributed by atoms with Crippen molar-refractivity contribution in [2.45, 2.75) is 50.6 Å². The van der Waals surface area contributed by atoms with Crippen LogP contribution in [0.15, 0.2) is 52.7 Å². The summed E-state index contributed by atoms with van der Waals surface area (Å²) < 4.78 is 69.4. The van der Waals surface area contributed by atoms with Crippen LogP contribution in [-0.2, 0) is 15.4 Å². The predicted molar refractivity (Wildman–Crippen MR) is 134 cm³/mol. The molecule has 1 aliphatic rings. The highest BCUT2D eigenvalue weighted by Crippen LogP contribution is 2.54. The molecule has 4 rings (SSSR count). The first-order valence-electron chi connectivity index (χ1n) is 11.0. The molecular formula is C23H25F3N6O2S2. The number of rotatable bonds is 6. The van der Waals surface area contributed by atoms with Crippen LogP contribution in [-0.4, -0.2) is 30.3 Å². The van der Waals surface area contributed by atoms with Crippen molar-refractivity contribution in [3.63, 3.8) is 0 Å². The zero-order chi connectivity index (χ0) is 26.5. The zero-order valence-electron chi connectivity index (χ0n) is 20.2. The first-order valence-corrected chi connectivity index (χ1v) is 13.3. The number of hydrogen-bond donors (Lipinski definition) is 1. The average molecular weight is 539 g/mol. The van der Waals surface area contributed by atoms with Crippen LogP contribution in [0.5, 0.6) is 0 Å². The molecule has 1 atom stereocenters. The maximum Gasteiger partial charge on any atom is 0.516 e. The average Bonchev–Trinajstić information content (AvgIpc) is 3.33. The van der Waals surface area contributed by atoms with E-state index in [1.54, 1.807) is 10.8 Å². The van der Waals surface area contributed by atoms with Crippen molar-refractivity contribution in [3.05, 3.63) is 59.4 Å². The highest BCUT2D eigenvalue weighted by atomic mass is 32.2. The third kappa shape index (κ3) is 4.69. The van der Waals surface area contributed by atoms with Crippen molar-refractivity contribution in [3.8, 4) is 0 Å². The van der Waals surface area contributed by atoms with Gasteiger partial charge < -0.3 is 4.90 Å². The molecule has 3 aromatic rings. The second-order valence-electron chi connectivity index (χ2n) is 9.37. The van der Waals surface area contributed by atoms with Crippen molar-refractivity contribution in [1.82, 2.24) is 9.36 Å². The molecule has 0 aliphatic carbocycles. The molecule has 2 aromatic carbocycles. The van der Waals surface area contributed by atoms with E-state index in [0.717, 1.165) is 22.7 Å². The van der Waals surface area contributed by atoms with Gasteiger partial charge in [-0.2, -0.15) is 30.9 Å². The summed E-state index contributed by atoms with van der Waals surface area (Å²) in [5.74, 6) is 0.625. The molecule has 1 aromatic heterocycles. The standard InChI is InChI=1S/C23H25F3N6O2S2/c1-13(2)20-27-21(35-30-20)29-28-16-11-15-18(12-17(16)31-36(33,34)23(24,25)26)32(5)19(22(15,3)4)14-9-7-6-8-10-14/h6-13,19,31H,1-5H3. The maximum atomic E-state index is 13.2. The summed E-state index contributed by atoms with van der Waals surface area (Å²) in [5.41, 5.74) is -3.97. The van der Waals surface area contributed by atoms with Crippen molar-refractivity contribution >= 4 is 43.7 Å². The highest BCUT2D eigenvalue weighted by molar-refractivity contribution is 7.93. The molecule has 1 aliphatic heterocycles. The number of sulfonamides is 1. The minimum atomic E-state index is -5.69. The van der Waals surface area contributed by atoms with Gasteiger partial charge in [0.25, 0.3) is 0 Å². The van der Waals surface area contributed by atoms with Gasteiger partial charge in [-0.05, 0) is 23.3 Å². The molecule has 0 fully saturated rings. The van der Waals surface area contributed by atoms with Gasteiger partial charge in [0.05, 0.1) is 11.7 Å². The first kappa shape index (κ1) is 26.0. The van der Waals surface area contributed by atoms with Gasteiger partial charge in [-0.3, -0.25) is 4.72 Å². The number of hydrogen-bond acceptors (Lipinski definition) is 8. The summed E-state index contributed by atoms with van der Waals surface area (Å²) in [4.78, 5) is 6.18. The molecular weight excluding hydrogens is 513 g/mol. The smallest absolute Gasteiger partial charge is 0.366 e. The quantitative estimate of drug-likeness (QED) is 0.348. The van der Waals surface area contributed by atoms with Gasteiger partial charge in [0.1, 0.15) is 11.5 Å². The summed E-state index contributed by atoms with van der Waals surface area (Å²) in [6, 6.07) is 12.5. The van der Waals surface area contributed by atoms with E-state index in [1.807, 2.05) is 70.0 Å². The molecule has 0 radical (unpaired) electrons. The number of likely N-dealkylation sites (N-methyl/N-ethyl adjacent to an activating group) is 1. The summed E-state index contributed by atoms with van der Waals surface area (Å²) in [6.45, 7) is 7.87. The molecule has 2 heterocycles. The largest absolute Gasteiger partial charge is 0.516 e. The van der Waals surface area contributed by atoms with Crippen molar-refractivity contribution in [2.24, 2.45) is 10.2 Å². The number of alkyl halides is 3. The number of aromatic nitrogens is 2. The van der Waals surface area contributed by atoms with Crippen LogP contribution in [0.25, 0.3) is 0 Å². The lowest BCUT2D eigenvalue weighted by Gasteiger charge is -2.32. The molecule has 0 saturated carbocycles. The van der Waals surface area contributed by atoms with E-state index in [9.17, 15) is 21.6 Å². The Labute approximate surface area is 211 Å². The van der Waals surface area contributed by atoms with E-state index in [2.05, 4.69) is 19.6 Å². The van der Waals surface area contributed by atoms with Gasteiger partial charge in [0.2, 0.25) is 5.13 Å². The van der Waals surface area contributed by atoms with E-state index in [4.69, 9.17) is 0 Å². The Morgan fingerprint density at radius 3 is 2.39 bits per heavy atom. The van der Waals surface area contributed by atoms with Gasteiger partial charge in [0.15, 0.2) is 0 Å². The number of halogens is 3. The maximum absolute atomic E-state index is 13.2. The summed E-state index contributed by atoms with van der Waals surface area (Å²) in [7, 11) is -3.87. The minimum Gasteiger partial charge on any atom is -0.366 e. The molecule has 0 amide bonds. The number of azo groups is 1. The van der Waals surface area contributed by atoms with Crippen LogP contribution in [0.4, 0.5) is 35.4 Å². The van der Waals surface area contributed by atoms with Crippen LogP contribution >= 0.6 is 11.5 Å². The van der Waals surface area contributed by atoms with Gasteiger partial charge >= 0.3 is 15.5 Å². The Balaban J connectivity index is 1.84. The Hall–Kier alpha value is -3.06. The highest BCUT2D eigenvalue weighted by Gasteiger charge is 2.48. The molecule has 192 valence electrons. The molecule has 1 unspecified atom stereocenters. The van der Waals surface area contributed by atoms with Crippen LogP contribution < -0.4 is 9.62 Å². The van der Waals surface area contributed by atoms with Gasteiger partial charge in [-0.25, -0.2) is 0 Å². The summed E-state index contributed by atoms with van der Waals surface area (Å²) in [6.07, 6.45) is 0. The number of nitrogens with zero attached hydrogens (tertiary/aromatic N) is 5. The third-order valence-electron chi connectivity index (χ3n) is 6.11. The number of fused-ring (bicyclic) bond motifs is 1. The Morgan fingerprint density at radius 1 is 1.14 bits per heavy atom. The van der Waals surface area contributed by atoms with E-state index in [1.165, 1.54) is 6.07 Å². The molecule has 0 spiro atoms. The molecule has 0 bridgehead atoms. The monoisotopic (exact) mass is 538 g/mol. The van der Waals surface area contributed by atoms with Crippen molar-refractivity contribution in [2.75, 3.05) is 16.7 Å². The third-order valence-corrected chi connectivity index (χ3v) is 7.83. The fourth-order valence-corrected chi connectivity index (χ4v) is 5.60. The van der Waals surface area contributed by atoms with Gasteiger partial charge in [-0.1, -0.05) is 58.0 Å². The first-order chi connectivity index (χ1) is 16.7. The lowest BCUT2D eigenvalue weighted by molar-refractivity contribution is -0.0429. The molecule has 8 nitrogen and oxygen atoms in total. The molecule has 0 saturated heterocycles. The topological polar surface area (TPSA) is 99.9 Å². The molecule has 1 N–H and O–H groups in total. The van der Waals surface area contributed by atoms with Crippen LogP contribution in [0.2, 0.25) is 0 Å². The predicted octanol–water partition coefficient (Wildman–Crippen LogP) is 6.81. The normalized spacial score (nSPS) is 17.7. The Bertz CT molecular complexity index is 1400. The molecule has 36 heavy (non-hydrogen) atoms. The van der Waals surface area contributed by atoms with E-state index >= 15 is 0 Å².